The Kier molecular flexibility index (Phi) is 4.62. The van der Waals surface area contributed by atoms with Gasteiger partial charge in [0.15, 0.2) is 0 Å². The summed E-state index contributed by atoms with van der Waals surface area (Å²) in [4.78, 5) is 25.7. The monoisotopic (exact) mass is 325 g/mol. The summed E-state index contributed by atoms with van der Waals surface area (Å²) in [5, 5.41) is 9.38. The SMILES string of the molecule is C[C@H](OCc1ccccc1)C(=O)N1C[C@H](C(=O)O)c2ccccc21. The van der Waals surface area contributed by atoms with Crippen LogP contribution in [0, 0.1) is 0 Å². The highest BCUT2D eigenvalue weighted by molar-refractivity contribution is 6.01. The molecule has 0 unspecified atom stereocenters. The summed E-state index contributed by atoms with van der Waals surface area (Å²) < 4.78 is 5.67. The number of hydrogen-bond acceptors (Lipinski definition) is 3. The molecule has 1 aliphatic rings. The molecule has 0 saturated carbocycles. The van der Waals surface area contributed by atoms with Gasteiger partial charge in [0.25, 0.3) is 5.91 Å². The van der Waals surface area contributed by atoms with Crippen molar-refractivity contribution < 1.29 is 19.4 Å². The van der Waals surface area contributed by atoms with E-state index < -0.39 is 18.0 Å². The number of ether oxygens (including phenoxy) is 1. The van der Waals surface area contributed by atoms with Crippen LogP contribution in [0.2, 0.25) is 0 Å². The molecule has 5 heteroatoms. The molecule has 0 radical (unpaired) electrons. The van der Waals surface area contributed by atoms with E-state index in [0.29, 0.717) is 17.9 Å². The zero-order valence-corrected chi connectivity index (χ0v) is 13.4. The Morgan fingerprint density at radius 3 is 2.54 bits per heavy atom. The van der Waals surface area contributed by atoms with Gasteiger partial charge < -0.3 is 14.7 Å². The van der Waals surface area contributed by atoms with Crippen LogP contribution in [-0.4, -0.2) is 29.6 Å². The van der Waals surface area contributed by atoms with E-state index in [1.54, 1.807) is 31.2 Å². The molecule has 2 aromatic carbocycles. The number of anilines is 1. The second-order valence-electron chi connectivity index (χ2n) is 5.84. The zero-order chi connectivity index (χ0) is 17.1. The van der Waals surface area contributed by atoms with Gasteiger partial charge in [-0.25, -0.2) is 0 Å². The molecule has 2 atom stereocenters. The van der Waals surface area contributed by atoms with E-state index in [-0.39, 0.29) is 12.5 Å². The number of rotatable bonds is 5. The van der Waals surface area contributed by atoms with Crippen molar-refractivity contribution in [2.75, 3.05) is 11.4 Å². The van der Waals surface area contributed by atoms with Crippen molar-refractivity contribution in [3.8, 4) is 0 Å². The molecule has 1 N–H and O–H groups in total. The fourth-order valence-electron chi connectivity index (χ4n) is 2.91. The Morgan fingerprint density at radius 2 is 1.83 bits per heavy atom. The molecule has 5 nitrogen and oxygen atoms in total. The molecule has 0 fully saturated rings. The molecule has 124 valence electrons. The summed E-state index contributed by atoms with van der Waals surface area (Å²) in [7, 11) is 0. The Morgan fingerprint density at radius 1 is 1.17 bits per heavy atom. The molecular weight excluding hydrogens is 306 g/mol. The number of carbonyl (C=O) groups is 2. The summed E-state index contributed by atoms with van der Waals surface area (Å²) in [5.74, 6) is -1.83. The molecule has 1 aliphatic heterocycles. The number of nitrogens with zero attached hydrogens (tertiary/aromatic N) is 1. The highest BCUT2D eigenvalue weighted by Gasteiger charge is 2.37. The normalized spacial score (nSPS) is 17.4. The van der Waals surface area contributed by atoms with Gasteiger partial charge in [-0.3, -0.25) is 9.59 Å². The maximum atomic E-state index is 12.7. The number of benzene rings is 2. The van der Waals surface area contributed by atoms with Crippen LogP contribution >= 0.6 is 0 Å². The largest absolute Gasteiger partial charge is 0.481 e. The predicted molar refractivity (Wildman–Crippen MR) is 89.9 cm³/mol. The summed E-state index contributed by atoms with van der Waals surface area (Å²) in [6, 6.07) is 16.8. The van der Waals surface area contributed by atoms with Crippen LogP contribution in [0.5, 0.6) is 0 Å². The fraction of sp³-hybridized carbons (Fsp3) is 0.263. The highest BCUT2D eigenvalue weighted by Crippen LogP contribution is 2.36. The van der Waals surface area contributed by atoms with E-state index in [1.807, 2.05) is 30.3 Å². The standard InChI is InChI=1S/C19H19NO4/c1-13(24-12-14-7-3-2-4-8-14)18(21)20-11-16(19(22)23)15-9-5-6-10-17(15)20/h2-10,13,16H,11-12H2,1H3,(H,22,23)/t13-,16-/m0/s1. The van der Waals surface area contributed by atoms with Gasteiger partial charge in [-0.15, -0.1) is 0 Å². The van der Waals surface area contributed by atoms with Gasteiger partial charge >= 0.3 is 5.97 Å². The van der Waals surface area contributed by atoms with Gasteiger partial charge in [-0.05, 0) is 24.1 Å². The van der Waals surface area contributed by atoms with E-state index >= 15 is 0 Å². The van der Waals surface area contributed by atoms with Crippen molar-refractivity contribution in [1.82, 2.24) is 0 Å². The van der Waals surface area contributed by atoms with Crippen molar-refractivity contribution in [2.45, 2.75) is 25.6 Å². The predicted octanol–water partition coefficient (Wildman–Crippen LogP) is 2.81. The van der Waals surface area contributed by atoms with Gasteiger partial charge in [-0.2, -0.15) is 0 Å². The molecule has 0 aliphatic carbocycles. The second-order valence-corrected chi connectivity index (χ2v) is 5.84. The van der Waals surface area contributed by atoms with Crippen LogP contribution in [0.15, 0.2) is 54.6 Å². The van der Waals surface area contributed by atoms with Gasteiger partial charge in [0.05, 0.1) is 6.61 Å². The maximum Gasteiger partial charge on any atom is 0.312 e. The molecule has 0 bridgehead atoms. The molecule has 2 aromatic rings. The summed E-state index contributed by atoms with van der Waals surface area (Å²) in [6.45, 7) is 2.18. The van der Waals surface area contributed by atoms with Gasteiger partial charge in [0.2, 0.25) is 0 Å². The second kappa shape index (κ2) is 6.84. The number of amides is 1. The van der Waals surface area contributed by atoms with Crippen molar-refractivity contribution in [3.05, 3.63) is 65.7 Å². The number of carboxylic acid groups (broad SMARTS) is 1. The van der Waals surface area contributed by atoms with Crippen LogP contribution in [0.1, 0.15) is 24.0 Å². The average molecular weight is 325 g/mol. The first-order valence-corrected chi connectivity index (χ1v) is 7.86. The fourth-order valence-corrected chi connectivity index (χ4v) is 2.91. The minimum absolute atomic E-state index is 0.145. The topological polar surface area (TPSA) is 66.8 Å². The van der Waals surface area contributed by atoms with E-state index in [0.717, 1.165) is 5.56 Å². The van der Waals surface area contributed by atoms with E-state index in [1.165, 1.54) is 4.90 Å². The average Bonchev–Trinajstić information content (AvgIpc) is 3.00. The first-order valence-electron chi connectivity index (χ1n) is 7.86. The van der Waals surface area contributed by atoms with E-state index in [4.69, 9.17) is 4.74 Å². The van der Waals surface area contributed by atoms with Crippen molar-refractivity contribution in [3.63, 3.8) is 0 Å². The third-order valence-corrected chi connectivity index (χ3v) is 4.22. The van der Waals surface area contributed by atoms with Crippen LogP contribution in [-0.2, 0) is 20.9 Å². The van der Waals surface area contributed by atoms with Crippen LogP contribution in [0.3, 0.4) is 0 Å². The molecule has 24 heavy (non-hydrogen) atoms. The molecule has 1 heterocycles. The minimum Gasteiger partial charge on any atom is -0.481 e. The van der Waals surface area contributed by atoms with Crippen molar-refractivity contribution >= 4 is 17.6 Å². The van der Waals surface area contributed by atoms with Crippen molar-refractivity contribution in [1.29, 1.82) is 0 Å². The van der Waals surface area contributed by atoms with Gasteiger partial charge in [-0.1, -0.05) is 48.5 Å². The van der Waals surface area contributed by atoms with Crippen LogP contribution in [0.25, 0.3) is 0 Å². The third-order valence-electron chi connectivity index (χ3n) is 4.22. The van der Waals surface area contributed by atoms with E-state index in [9.17, 15) is 14.7 Å². The Balaban J connectivity index is 1.72. The lowest BCUT2D eigenvalue weighted by atomic mass is 10.0. The van der Waals surface area contributed by atoms with E-state index in [2.05, 4.69) is 0 Å². The summed E-state index contributed by atoms with van der Waals surface area (Å²) in [6.07, 6.45) is -0.647. The van der Waals surface area contributed by atoms with Crippen LogP contribution in [0.4, 0.5) is 5.69 Å². The number of carbonyl (C=O) groups excluding carboxylic acids is 1. The lowest BCUT2D eigenvalue weighted by molar-refractivity contribution is -0.138. The smallest absolute Gasteiger partial charge is 0.312 e. The quantitative estimate of drug-likeness (QED) is 0.918. The molecule has 0 saturated heterocycles. The first-order chi connectivity index (χ1) is 11.6. The van der Waals surface area contributed by atoms with Crippen LogP contribution < -0.4 is 4.90 Å². The lowest BCUT2D eigenvalue weighted by Crippen LogP contribution is -2.39. The number of fused-ring (bicyclic) bond motifs is 1. The van der Waals surface area contributed by atoms with Crippen molar-refractivity contribution in [2.24, 2.45) is 0 Å². The van der Waals surface area contributed by atoms with Gasteiger partial charge in [0, 0.05) is 12.2 Å². The summed E-state index contributed by atoms with van der Waals surface area (Å²) >= 11 is 0. The summed E-state index contributed by atoms with van der Waals surface area (Å²) in [5.41, 5.74) is 2.32. The Bertz CT molecular complexity index is 744. The molecule has 0 aromatic heterocycles. The Hall–Kier alpha value is -2.66. The number of hydrogen-bond donors (Lipinski definition) is 1. The Labute approximate surface area is 140 Å². The molecule has 3 rings (SSSR count). The molecular formula is C19H19NO4. The zero-order valence-electron chi connectivity index (χ0n) is 13.4. The van der Waals surface area contributed by atoms with Gasteiger partial charge in [0.1, 0.15) is 12.0 Å². The minimum atomic E-state index is -0.921. The highest BCUT2D eigenvalue weighted by atomic mass is 16.5. The number of carboxylic acids is 1. The third kappa shape index (κ3) is 3.16. The molecule has 1 amide bonds. The molecule has 0 spiro atoms. The number of para-hydroxylation sites is 1. The first kappa shape index (κ1) is 16.2. The number of aliphatic carboxylic acids is 1. The lowest BCUT2D eigenvalue weighted by Gasteiger charge is -2.22. The maximum absolute atomic E-state index is 12.7.